The lowest BCUT2D eigenvalue weighted by atomic mass is 9.85. The number of rotatable bonds is 7. The molecule has 2 bridgehead atoms. The van der Waals surface area contributed by atoms with Gasteiger partial charge in [-0.25, -0.2) is 4.79 Å². The van der Waals surface area contributed by atoms with Crippen molar-refractivity contribution in [2.24, 2.45) is 23.7 Å². The molecule has 1 N–H and O–H groups in total. The number of fused-ring (bicyclic) bond motifs is 5. The highest BCUT2D eigenvalue weighted by molar-refractivity contribution is 6.11. The molecule has 1 saturated heterocycles. The van der Waals surface area contributed by atoms with E-state index >= 15 is 0 Å². The lowest BCUT2D eigenvalue weighted by Crippen LogP contribution is -2.49. The van der Waals surface area contributed by atoms with Crippen molar-refractivity contribution in [1.82, 2.24) is 4.90 Å². The number of likely N-dealkylation sites (tertiary alicyclic amines) is 1. The van der Waals surface area contributed by atoms with Crippen LogP contribution in [-0.2, 0) is 25.5 Å². The van der Waals surface area contributed by atoms with Crippen LogP contribution < -0.4 is 5.32 Å². The second-order valence-corrected chi connectivity index (χ2v) is 9.04. The first-order valence-corrected chi connectivity index (χ1v) is 11.6. The smallest absolute Gasteiger partial charge is 0.338 e. The fraction of sp³-hybridized carbons (Fsp3) is 0.333. The molecular weight excluding hydrogens is 432 g/mol. The molecule has 1 saturated carbocycles. The van der Waals surface area contributed by atoms with E-state index in [2.05, 4.69) is 5.32 Å². The summed E-state index contributed by atoms with van der Waals surface area (Å²) < 4.78 is 4.99. The van der Waals surface area contributed by atoms with Crippen LogP contribution >= 0.6 is 0 Å². The number of imide groups is 1. The van der Waals surface area contributed by atoms with E-state index in [0.29, 0.717) is 11.3 Å². The number of hydrogen-bond acceptors (Lipinski definition) is 5. The van der Waals surface area contributed by atoms with Crippen molar-refractivity contribution >= 4 is 29.4 Å². The second-order valence-electron chi connectivity index (χ2n) is 9.04. The largest absolute Gasteiger partial charge is 0.462 e. The summed E-state index contributed by atoms with van der Waals surface area (Å²) >= 11 is 0. The molecule has 174 valence electrons. The van der Waals surface area contributed by atoms with Crippen molar-refractivity contribution in [3.8, 4) is 0 Å². The molecule has 0 radical (unpaired) electrons. The van der Waals surface area contributed by atoms with Gasteiger partial charge in [0.15, 0.2) is 0 Å². The van der Waals surface area contributed by atoms with E-state index < -0.39 is 17.9 Å². The number of hydrogen-bond donors (Lipinski definition) is 1. The average molecular weight is 459 g/mol. The molecular formula is C27H26N2O5. The van der Waals surface area contributed by atoms with Crippen molar-refractivity contribution in [3.63, 3.8) is 0 Å². The molecule has 7 nitrogen and oxygen atoms in total. The number of amides is 3. The first-order valence-electron chi connectivity index (χ1n) is 11.6. The van der Waals surface area contributed by atoms with Crippen molar-refractivity contribution in [1.29, 1.82) is 0 Å². The fourth-order valence-corrected chi connectivity index (χ4v) is 5.50. The number of esters is 1. The highest BCUT2D eigenvalue weighted by atomic mass is 16.5. The van der Waals surface area contributed by atoms with Crippen LogP contribution in [-0.4, -0.2) is 41.2 Å². The standard InChI is InChI=1S/C27H26N2O5/c1-2-34-27(33)17-10-12-20(13-11-17)28-24(30)21(14-16-6-4-3-5-7-16)29-25(31)22-18-8-9-19(15-18)23(22)26(29)32/h3-13,18-19,21-23H,2,14-15H2,1H3,(H,28,30)/t18-,19+,21-,22-,23+/m0/s1. The lowest BCUT2D eigenvalue weighted by molar-refractivity contribution is -0.147. The lowest BCUT2D eigenvalue weighted by Gasteiger charge is -2.27. The van der Waals surface area contributed by atoms with Crippen LogP contribution in [0.25, 0.3) is 0 Å². The minimum Gasteiger partial charge on any atom is -0.462 e. The summed E-state index contributed by atoms with van der Waals surface area (Å²) in [6.45, 7) is 2.01. The van der Waals surface area contributed by atoms with E-state index in [4.69, 9.17) is 4.74 Å². The maximum atomic E-state index is 13.5. The molecule has 5 atom stereocenters. The molecule has 2 aromatic carbocycles. The van der Waals surface area contributed by atoms with Gasteiger partial charge >= 0.3 is 5.97 Å². The monoisotopic (exact) mass is 458 g/mol. The van der Waals surface area contributed by atoms with Crippen LogP contribution in [0.3, 0.4) is 0 Å². The molecule has 2 aromatic rings. The van der Waals surface area contributed by atoms with Gasteiger partial charge in [-0.1, -0.05) is 42.5 Å². The molecule has 3 aliphatic rings. The number of ether oxygens (including phenoxy) is 1. The van der Waals surface area contributed by atoms with Gasteiger partial charge in [-0.05, 0) is 55.0 Å². The normalized spacial score (nSPS) is 25.4. The number of nitrogens with zero attached hydrogens (tertiary/aromatic N) is 1. The molecule has 2 aliphatic carbocycles. The molecule has 0 unspecified atom stereocenters. The van der Waals surface area contributed by atoms with Gasteiger partial charge in [0, 0.05) is 12.1 Å². The van der Waals surface area contributed by atoms with Crippen LogP contribution in [0.4, 0.5) is 5.69 Å². The predicted octanol–water partition coefficient (Wildman–Crippen LogP) is 3.22. The minimum atomic E-state index is -0.961. The Balaban J connectivity index is 1.39. The number of nitrogens with one attached hydrogen (secondary N) is 1. The van der Waals surface area contributed by atoms with Crippen molar-refractivity contribution in [2.75, 3.05) is 11.9 Å². The van der Waals surface area contributed by atoms with E-state index in [1.165, 1.54) is 4.90 Å². The molecule has 1 aliphatic heterocycles. The summed E-state index contributed by atoms with van der Waals surface area (Å²) in [5.74, 6) is -1.95. The zero-order chi connectivity index (χ0) is 23.8. The molecule has 5 rings (SSSR count). The number of allylic oxidation sites excluding steroid dienone is 2. The van der Waals surface area contributed by atoms with Gasteiger partial charge < -0.3 is 10.1 Å². The summed E-state index contributed by atoms with van der Waals surface area (Å²) in [7, 11) is 0. The van der Waals surface area contributed by atoms with Crippen LogP contribution in [0, 0.1) is 23.7 Å². The highest BCUT2D eigenvalue weighted by Gasteiger charge is 2.61. The third-order valence-corrected chi connectivity index (χ3v) is 7.05. The fourth-order valence-electron chi connectivity index (χ4n) is 5.50. The van der Waals surface area contributed by atoms with Crippen LogP contribution in [0.1, 0.15) is 29.3 Å². The number of carbonyl (C=O) groups excluding carboxylic acids is 4. The van der Waals surface area contributed by atoms with Gasteiger partial charge in [0.2, 0.25) is 17.7 Å². The van der Waals surface area contributed by atoms with Crippen molar-refractivity contribution in [3.05, 3.63) is 77.9 Å². The highest BCUT2D eigenvalue weighted by Crippen LogP contribution is 2.53. The Hall–Kier alpha value is -3.74. The molecule has 3 amide bonds. The van der Waals surface area contributed by atoms with Crippen LogP contribution in [0.15, 0.2) is 66.7 Å². The molecule has 1 heterocycles. The maximum Gasteiger partial charge on any atom is 0.338 e. The van der Waals surface area contributed by atoms with E-state index in [-0.39, 0.29) is 48.5 Å². The molecule has 0 spiro atoms. The first-order chi connectivity index (χ1) is 16.5. The molecule has 0 aromatic heterocycles. The van der Waals surface area contributed by atoms with Crippen molar-refractivity contribution in [2.45, 2.75) is 25.8 Å². The zero-order valence-corrected chi connectivity index (χ0v) is 18.8. The summed E-state index contributed by atoms with van der Waals surface area (Å²) in [5.41, 5.74) is 1.71. The SMILES string of the molecule is CCOC(=O)c1ccc(NC(=O)[C@H](Cc2ccccc2)N2C(=O)[C@@H]3[C@H](C2=O)[C@@H]2C=C[C@H]3C2)cc1. The zero-order valence-electron chi connectivity index (χ0n) is 18.8. The van der Waals surface area contributed by atoms with Gasteiger partial charge in [-0.2, -0.15) is 0 Å². The van der Waals surface area contributed by atoms with Crippen LogP contribution in [0.5, 0.6) is 0 Å². The summed E-state index contributed by atoms with van der Waals surface area (Å²) in [6.07, 6.45) is 5.14. The minimum absolute atomic E-state index is 0.0762. The van der Waals surface area contributed by atoms with Crippen molar-refractivity contribution < 1.29 is 23.9 Å². The Labute approximate surface area is 197 Å². The average Bonchev–Trinajstić information content (AvgIpc) is 3.53. The van der Waals surface area contributed by atoms with E-state index in [1.807, 2.05) is 42.5 Å². The maximum absolute atomic E-state index is 13.5. The first kappa shape index (κ1) is 22.1. The quantitative estimate of drug-likeness (QED) is 0.391. The second kappa shape index (κ2) is 8.89. The number of benzene rings is 2. The van der Waals surface area contributed by atoms with Gasteiger partial charge in [0.25, 0.3) is 0 Å². The molecule has 2 fully saturated rings. The molecule has 34 heavy (non-hydrogen) atoms. The summed E-state index contributed by atoms with van der Waals surface area (Å²) in [5, 5.41) is 2.83. The van der Waals surface area contributed by atoms with Gasteiger partial charge in [0.1, 0.15) is 6.04 Å². The topological polar surface area (TPSA) is 92.8 Å². The third kappa shape index (κ3) is 3.81. The van der Waals surface area contributed by atoms with Gasteiger partial charge in [-0.3, -0.25) is 19.3 Å². The van der Waals surface area contributed by atoms with E-state index in [1.54, 1.807) is 31.2 Å². The van der Waals surface area contributed by atoms with Crippen LogP contribution in [0.2, 0.25) is 0 Å². The Bertz CT molecular complexity index is 1130. The predicted molar refractivity (Wildman–Crippen MR) is 125 cm³/mol. The van der Waals surface area contributed by atoms with Gasteiger partial charge in [-0.15, -0.1) is 0 Å². The van der Waals surface area contributed by atoms with E-state index in [9.17, 15) is 19.2 Å². The number of anilines is 1. The Morgan fingerprint density at radius 1 is 0.971 bits per heavy atom. The third-order valence-electron chi connectivity index (χ3n) is 7.05. The summed E-state index contributed by atoms with van der Waals surface area (Å²) in [4.78, 5) is 53.3. The summed E-state index contributed by atoms with van der Waals surface area (Å²) in [6, 6.07) is 14.8. The van der Waals surface area contributed by atoms with Gasteiger partial charge in [0.05, 0.1) is 24.0 Å². The Kier molecular flexibility index (Phi) is 5.77. The Morgan fingerprint density at radius 3 is 2.18 bits per heavy atom. The number of carbonyl (C=O) groups is 4. The Morgan fingerprint density at radius 2 is 1.59 bits per heavy atom. The van der Waals surface area contributed by atoms with E-state index in [0.717, 1.165) is 12.0 Å². The molecule has 7 heteroatoms.